The van der Waals surface area contributed by atoms with Gasteiger partial charge in [0.1, 0.15) is 26.9 Å². The lowest BCUT2D eigenvalue weighted by molar-refractivity contribution is 0.416. The van der Waals surface area contributed by atoms with Crippen LogP contribution in [0.4, 0.5) is 17.1 Å². The Morgan fingerprint density at radius 3 is 2.06 bits per heavy atom. The normalized spacial score (nSPS) is 12.8. The molecule has 0 atom stereocenters. The van der Waals surface area contributed by atoms with Gasteiger partial charge in [-0.2, -0.15) is 32.2 Å². The highest BCUT2D eigenvalue weighted by atomic mass is 32.2. The summed E-state index contributed by atoms with van der Waals surface area (Å²) in [6, 6.07) is 9.22. The molecule has 0 saturated carbocycles. The standard InChI is InChI=1S/C19H18N4O7S2/c1-11-7-15(21-20-2)17(30-3)10-14(11)22-23-16-9-13-12(8-19(16)32(27,28)29)5-4-6-18(13)31(24,25)26/h4-10H,1-3H3,(H,24,25,26)(H,27,28,29). The summed E-state index contributed by atoms with van der Waals surface area (Å²) in [5.41, 5.74) is 1.05. The average molecular weight is 479 g/mol. The van der Waals surface area contributed by atoms with E-state index in [9.17, 15) is 25.9 Å². The Kier molecular flexibility index (Phi) is 6.37. The zero-order chi connectivity index (χ0) is 23.7. The molecular formula is C19H18N4O7S2. The van der Waals surface area contributed by atoms with E-state index in [0.29, 0.717) is 22.7 Å². The van der Waals surface area contributed by atoms with Crippen molar-refractivity contribution in [2.45, 2.75) is 16.7 Å². The van der Waals surface area contributed by atoms with Gasteiger partial charge in [-0.1, -0.05) is 12.1 Å². The molecule has 2 N–H and O–H groups in total. The molecule has 0 aromatic heterocycles. The van der Waals surface area contributed by atoms with Crippen molar-refractivity contribution in [1.82, 2.24) is 0 Å². The number of nitrogens with zero attached hydrogens (tertiary/aromatic N) is 4. The van der Waals surface area contributed by atoms with Gasteiger partial charge in [-0.05, 0) is 42.1 Å². The fourth-order valence-corrected chi connectivity index (χ4v) is 4.35. The molecule has 0 aliphatic heterocycles. The van der Waals surface area contributed by atoms with Crippen molar-refractivity contribution < 1.29 is 30.7 Å². The smallest absolute Gasteiger partial charge is 0.296 e. The van der Waals surface area contributed by atoms with Crippen LogP contribution in [0.1, 0.15) is 5.56 Å². The number of hydrogen-bond acceptors (Lipinski definition) is 9. The van der Waals surface area contributed by atoms with Gasteiger partial charge in [-0.3, -0.25) is 9.11 Å². The third kappa shape index (κ3) is 4.80. The number of aryl methyl sites for hydroxylation is 1. The van der Waals surface area contributed by atoms with Crippen LogP contribution in [0, 0.1) is 6.92 Å². The second-order valence-corrected chi connectivity index (χ2v) is 9.34. The number of rotatable bonds is 6. The van der Waals surface area contributed by atoms with E-state index in [0.717, 1.165) is 18.2 Å². The lowest BCUT2D eigenvalue weighted by atomic mass is 10.1. The summed E-state index contributed by atoms with van der Waals surface area (Å²) in [5.74, 6) is 0.345. The lowest BCUT2D eigenvalue weighted by Gasteiger charge is -2.09. The molecule has 0 spiro atoms. The zero-order valence-electron chi connectivity index (χ0n) is 17.1. The molecule has 0 saturated heterocycles. The number of fused-ring (bicyclic) bond motifs is 1. The molecule has 0 radical (unpaired) electrons. The van der Waals surface area contributed by atoms with Crippen molar-refractivity contribution in [3.63, 3.8) is 0 Å². The first-order chi connectivity index (χ1) is 15.0. The molecule has 11 nitrogen and oxygen atoms in total. The molecule has 32 heavy (non-hydrogen) atoms. The van der Waals surface area contributed by atoms with Gasteiger partial charge in [-0.25, -0.2) is 0 Å². The summed E-state index contributed by atoms with van der Waals surface area (Å²) >= 11 is 0. The van der Waals surface area contributed by atoms with Gasteiger partial charge < -0.3 is 4.74 Å². The Labute approximate surface area is 184 Å². The molecule has 0 heterocycles. The number of benzene rings is 3. The van der Waals surface area contributed by atoms with Gasteiger partial charge in [0.2, 0.25) is 0 Å². The molecule has 0 unspecified atom stereocenters. The van der Waals surface area contributed by atoms with E-state index in [2.05, 4.69) is 20.5 Å². The molecule has 0 fully saturated rings. The van der Waals surface area contributed by atoms with Crippen molar-refractivity contribution in [3.05, 3.63) is 48.0 Å². The molecular weight excluding hydrogens is 460 g/mol. The molecule has 0 aliphatic carbocycles. The van der Waals surface area contributed by atoms with Crippen LogP contribution in [0.25, 0.3) is 10.8 Å². The Bertz CT molecular complexity index is 1480. The Balaban J connectivity index is 2.25. The summed E-state index contributed by atoms with van der Waals surface area (Å²) in [7, 11) is -6.41. The Morgan fingerprint density at radius 2 is 1.47 bits per heavy atom. The maximum absolute atomic E-state index is 11.9. The summed E-state index contributed by atoms with van der Waals surface area (Å²) in [6.07, 6.45) is 0. The van der Waals surface area contributed by atoms with Crippen molar-refractivity contribution in [2.75, 3.05) is 14.2 Å². The van der Waals surface area contributed by atoms with Crippen molar-refractivity contribution >= 4 is 48.1 Å². The first-order valence-corrected chi connectivity index (χ1v) is 11.8. The van der Waals surface area contributed by atoms with Crippen molar-refractivity contribution in [2.24, 2.45) is 20.5 Å². The van der Waals surface area contributed by atoms with Gasteiger partial charge in [-0.15, -0.1) is 5.11 Å². The van der Waals surface area contributed by atoms with Crippen LogP contribution in [0.3, 0.4) is 0 Å². The van der Waals surface area contributed by atoms with Gasteiger partial charge in [0.25, 0.3) is 20.2 Å². The molecule has 0 aliphatic rings. The second-order valence-electron chi connectivity index (χ2n) is 6.56. The highest BCUT2D eigenvalue weighted by molar-refractivity contribution is 7.86. The monoisotopic (exact) mass is 478 g/mol. The number of hydrogen-bond donors (Lipinski definition) is 2. The molecule has 3 aromatic carbocycles. The average Bonchev–Trinajstić information content (AvgIpc) is 2.71. The summed E-state index contributed by atoms with van der Waals surface area (Å²) in [6.45, 7) is 1.71. The maximum Gasteiger partial charge on any atom is 0.296 e. The van der Waals surface area contributed by atoms with E-state index >= 15 is 0 Å². The van der Waals surface area contributed by atoms with Crippen molar-refractivity contribution in [3.8, 4) is 5.75 Å². The molecule has 0 amide bonds. The van der Waals surface area contributed by atoms with Crippen LogP contribution in [-0.2, 0) is 20.2 Å². The Hall–Kier alpha value is -3.26. The van der Waals surface area contributed by atoms with Crippen LogP contribution in [0.2, 0.25) is 0 Å². The SMILES string of the molecule is CN=Nc1cc(C)c(N=Nc2cc3c(S(=O)(=O)O)cccc3cc2S(=O)(=O)O)cc1OC. The fraction of sp³-hybridized carbons (Fsp3) is 0.158. The third-order valence-electron chi connectivity index (χ3n) is 4.45. The summed E-state index contributed by atoms with van der Waals surface area (Å²) < 4.78 is 71.7. The molecule has 168 valence electrons. The van der Waals surface area contributed by atoms with E-state index < -0.39 is 30.0 Å². The van der Waals surface area contributed by atoms with E-state index in [1.807, 2.05) is 0 Å². The minimum atomic E-state index is -4.73. The number of ether oxygens (including phenoxy) is 1. The van der Waals surface area contributed by atoms with Crippen LogP contribution >= 0.6 is 0 Å². The second kappa shape index (κ2) is 8.70. The predicted octanol–water partition coefficient (Wildman–Crippen LogP) is 4.78. The first kappa shape index (κ1) is 23.4. The third-order valence-corrected chi connectivity index (χ3v) is 6.24. The van der Waals surface area contributed by atoms with Gasteiger partial charge in [0.15, 0.2) is 0 Å². The predicted molar refractivity (Wildman–Crippen MR) is 116 cm³/mol. The fourth-order valence-electron chi connectivity index (χ4n) is 3.00. The van der Waals surface area contributed by atoms with Gasteiger partial charge in [0, 0.05) is 18.5 Å². The van der Waals surface area contributed by atoms with Crippen LogP contribution in [0.5, 0.6) is 5.75 Å². The molecule has 3 aromatic rings. The lowest BCUT2D eigenvalue weighted by Crippen LogP contribution is -2.01. The highest BCUT2D eigenvalue weighted by Crippen LogP contribution is 2.37. The first-order valence-electron chi connectivity index (χ1n) is 8.87. The summed E-state index contributed by atoms with van der Waals surface area (Å²) in [4.78, 5) is -1.03. The van der Waals surface area contributed by atoms with Crippen LogP contribution in [-0.4, -0.2) is 40.1 Å². The molecule has 13 heteroatoms. The Morgan fingerprint density at radius 1 is 0.812 bits per heavy atom. The number of methoxy groups -OCH3 is 1. The number of azo groups is 2. The summed E-state index contributed by atoms with van der Waals surface area (Å²) in [5, 5.41) is 15.8. The van der Waals surface area contributed by atoms with E-state index in [-0.39, 0.29) is 16.5 Å². The minimum Gasteiger partial charge on any atom is -0.494 e. The van der Waals surface area contributed by atoms with Crippen LogP contribution < -0.4 is 4.74 Å². The van der Waals surface area contributed by atoms with Gasteiger partial charge >= 0.3 is 0 Å². The van der Waals surface area contributed by atoms with Gasteiger partial charge in [0.05, 0.1) is 12.8 Å². The van der Waals surface area contributed by atoms with E-state index in [1.165, 1.54) is 32.4 Å². The largest absolute Gasteiger partial charge is 0.494 e. The van der Waals surface area contributed by atoms with Crippen molar-refractivity contribution in [1.29, 1.82) is 0 Å². The van der Waals surface area contributed by atoms with E-state index in [1.54, 1.807) is 13.0 Å². The minimum absolute atomic E-state index is 0.00403. The zero-order valence-corrected chi connectivity index (χ0v) is 18.7. The topological polar surface area (TPSA) is 167 Å². The van der Waals surface area contributed by atoms with E-state index in [4.69, 9.17) is 4.74 Å². The molecule has 3 rings (SSSR count). The highest BCUT2D eigenvalue weighted by Gasteiger charge is 2.21. The maximum atomic E-state index is 11.9. The quantitative estimate of drug-likeness (QED) is 0.379. The van der Waals surface area contributed by atoms with Crippen LogP contribution in [0.15, 0.2) is 72.7 Å². The molecule has 0 bridgehead atoms.